The Morgan fingerprint density at radius 1 is 0.167 bits per heavy atom. The summed E-state index contributed by atoms with van der Waals surface area (Å²) in [5, 5.41) is 12.6. The number of aromatic nitrogens is 1. The van der Waals surface area contributed by atoms with E-state index in [1.54, 1.807) is 0 Å². The molecule has 0 atom stereocenters. The molecule has 1 nitrogen and oxygen atoms in total. The van der Waals surface area contributed by atoms with Gasteiger partial charge in [-0.25, -0.2) is 0 Å². The van der Waals surface area contributed by atoms with Gasteiger partial charge in [-0.3, -0.25) is 0 Å². The van der Waals surface area contributed by atoms with E-state index in [-0.39, 0.29) is 0 Å². The molecule has 20 rings (SSSR count). The van der Waals surface area contributed by atoms with Crippen molar-refractivity contribution in [2.75, 3.05) is 0 Å². The Balaban J connectivity index is 0.696. The van der Waals surface area contributed by atoms with Crippen LogP contribution < -0.4 is 0 Å². The van der Waals surface area contributed by atoms with Crippen molar-refractivity contribution >= 4 is 64.9 Å². The first-order chi connectivity index (χ1) is 50.5. The van der Waals surface area contributed by atoms with E-state index in [1.807, 2.05) is 0 Å². The van der Waals surface area contributed by atoms with E-state index < -0.39 is 5.41 Å². The average Bonchev–Trinajstić information content (AvgIpc) is 1.53. The van der Waals surface area contributed by atoms with Crippen LogP contribution in [0.4, 0.5) is 0 Å². The third-order valence-corrected chi connectivity index (χ3v) is 21.9. The molecule has 0 fully saturated rings. The van der Waals surface area contributed by atoms with Crippen LogP contribution >= 0.6 is 0 Å². The summed E-state index contributed by atoms with van der Waals surface area (Å²) in [4.78, 5) is 0. The van der Waals surface area contributed by atoms with Crippen LogP contribution in [0.15, 0.2) is 394 Å². The molecule has 1 aliphatic carbocycles. The average molecular weight is 1290 g/mol. The topological polar surface area (TPSA) is 4.93 Å². The zero-order chi connectivity index (χ0) is 67.2. The van der Waals surface area contributed by atoms with Crippen molar-refractivity contribution < 1.29 is 0 Å². The van der Waals surface area contributed by atoms with Gasteiger partial charge in [0.15, 0.2) is 0 Å². The lowest BCUT2D eigenvalue weighted by Gasteiger charge is -2.34. The Kier molecular flexibility index (Phi) is 13.9. The van der Waals surface area contributed by atoms with Crippen molar-refractivity contribution in [2.24, 2.45) is 0 Å². The van der Waals surface area contributed by atoms with E-state index in [4.69, 9.17) is 0 Å². The van der Waals surface area contributed by atoms with Crippen molar-refractivity contribution in [3.05, 3.63) is 417 Å². The molecule has 1 heterocycles. The van der Waals surface area contributed by atoms with E-state index in [2.05, 4.69) is 399 Å². The number of benzene rings is 18. The van der Waals surface area contributed by atoms with Crippen LogP contribution in [-0.4, -0.2) is 4.57 Å². The highest BCUT2D eigenvalue weighted by Gasteiger charge is 2.46. The fourth-order valence-electron chi connectivity index (χ4n) is 16.9. The summed E-state index contributed by atoms with van der Waals surface area (Å²) in [5.41, 5.74) is 29.4. The van der Waals surface area contributed by atoms with E-state index in [0.29, 0.717) is 0 Å². The minimum Gasteiger partial charge on any atom is -0.309 e. The first-order valence-electron chi connectivity index (χ1n) is 35.4. The number of hydrogen-bond donors (Lipinski definition) is 0. The third-order valence-electron chi connectivity index (χ3n) is 21.9. The van der Waals surface area contributed by atoms with Gasteiger partial charge in [0.2, 0.25) is 0 Å². The smallest absolute Gasteiger partial charge is 0.0714 e. The highest BCUT2D eigenvalue weighted by Crippen LogP contribution is 2.58. The second-order valence-corrected chi connectivity index (χ2v) is 27.4. The van der Waals surface area contributed by atoms with Gasteiger partial charge in [0.05, 0.1) is 16.4 Å². The highest BCUT2D eigenvalue weighted by atomic mass is 15.0. The molecule has 1 aliphatic rings. The second-order valence-electron chi connectivity index (χ2n) is 27.4. The van der Waals surface area contributed by atoms with Crippen molar-refractivity contribution in [3.63, 3.8) is 0 Å². The summed E-state index contributed by atoms with van der Waals surface area (Å²) >= 11 is 0. The molecule has 19 aromatic rings. The molecule has 0 N–H and O–H groups in total. The number of nitrogens with zero attached hydrogens (tertiary/aromatic N) is 1. The summed E-state index contributed by atoms with van der Waals surface area (Å²) in [5.74, 6) is 0. The van der Waals surface area contributed by atoms with Crippen LogP contribution in [0.5, 0.6) is 0 Å². The maximum absolute atomic E-state index is 2.52. The van der Waals surface area contributed by atoms with Gasteiger partial charge in [0.25, 0.3) is 0 Å². The fraction of sp³-hybridized carbons (Fsp3) is 0.00990. The van der Waals surface area contributed by atoms with Gasteiger partial charge < -0.3 is 4.57 Å². The first kappa shape index (κ1) is 58.9. The zero-order valence-corrected chi connectivity index (χ0v) is 56.0. The van der Waals surface area contributed by atoms with E-state index in [9.17, 15) is 0 Å². The lowest BCUT2D eigenvalue weighted by molar-refractivity contribution is 0.768. The molecule has 0 unspecified atom stereocenters. The molecule has 1 heteroatoms. The Labute approximate surface area is 593 Å². The molecule has 1 aromatic heterocycles. The summed E-state index contributed by atoms with van der Waals surface area (Å²) in [7, 11) is 0. The Morgan fingerprint density at radius 2 is 0.461 bits per heavy atom. The van der Waals surface area contributed by atoms with Gasteiger partial charge >= 0.3 is 0 Å². The summed E-state index contributed by atoms with van der Waals surface area (Å²) < 4.78 is 2.52. The highest BCUT2D eigenvalue weighted by molar-refractivity contribution is 6.16. The number of rotatable bonds is 11. The summed E-state index contributed by atoms with van der Waals surface area (Å²) in [6.45, 7) is 0. The van der Waals surface area contributed by atoms with Gasteiger partial charge in [0.1, 0.15) is 0 Å². The molecular formula is C101H65N. The van der Waals surface area contributed by atoms with Gasteiger partial charge in [-0.2, -0.15) is 0 Å². The van der Waals surface area contributed by atoms with Crippen LogP contribution in [-0.2, 0) is 5.41 Å². The summed E-state index contributed by atoms with van der Waals surface area (Å²) in [6.07, 6.45) is 0. The van der Waals surface area contributed by atoms with Gasteiger partial charge in [-0.1, -0.05) is 340 Å². The van der Waals surface area contributed by atoms with Crippen molar-refractivity contribution in [2.45, 2.75) is 5.41 Å². The molecule has 474 valence electrons. The molecule has 0 bridgehead atoms. The zero-order valence-electron chi connectivity index (χ0n) is 56.0. The summed E-state index contributed by atoms with van der Waals surface area (Å²) in [6, 6.07) is 147. The maximum atomic E-state index is 2.52. The van der Waals surface area contributed by atoms with Gasteiger partial charge in [-0.05, 0) is 220 Å². The van der Waals surface area contributed by atoms with Crippen LogP contribution in [0.3, 0.4) is 0 Å². The monoisotopic (exact) mass is 1290 g/mol. The molecule has 102 heavy (non-hydrogen) atoms. The van der Waals surface area contributed by atoms with E-state index in [0.717, 1.165) is 16.7 Å². The minimum absolute atomic E-state index is 0.636. The quantitative estimate of drug-likeness (QED) is 0.114. The van der Waals surface area contributed by atoms with Crippen LogP contribution in [0.25, 0.3) is 171 Å². The van der Waals surface area contributed by atoms with Crippen LogP contribution in [0, 0.1) is 0 Å². The molecule has 0 spiro atoms. The molecule has 18 aromatic carbocycles. The molecule has 0 amide bonds. The Bertz CT molecular complexity index is 6160. The predicted octanol–water partition coefficient (Wildman–Crippen LogP) is 27.1. The second kappa shape index (κ2) is 24.1. The standard InChI is InChI=1S/C101H65N/c1-4-18-66(19-5-1)67-32-42-74(43-33-67)79-52-56-91-92-57-55-84(65-98(92)101(97(91)64-79,82-22-6-2-7-23-82)83-24-8-3-9-25-83)102-99-58-53-77(72-38-34-68(35-39-72)70-44-48-75(49-45-70)93-62-80-20-10-12-26-85(80)87-28-14-16-30-89(87)93)60-95(99)96-61-78(54-59-100(96)102)73-40-36-69(37-41-73)71-46-50-76(51-47-71)94-63-81-21-11-13-27-86(81)88-29-15-17-31-90(88)94/h1-65H. The normalized spacial score (nSPS) is 12.4. The molecule has 0 saturated carbocycles. The lowest BCUT2D eigenvalue weighted by Crippen LogP contribution is -2.28. The maximum Gasteiger partial charge on any atom is 0.0714 e. The third kappa shape index (κ3) is 9.69. The van der Waals surface area contributed by atoms with Crippen LogP contribution in [0.1, 0.15) is 22.3 Å². The van der Waals surface area contributed by atoms with Gasteiger partial charge in [-0.15, -0.1) is 0 Å². The first-order valence-corrected chi connectivity index (χ1v) is 35.4. The number of hydrogen-bond acceptors (Lipinski definition) is 0. The largest absolute Gasteiger partial charge is 0.309 e. The van der Waals surface area contributed by atoms with Crippen molar-refractivity contribution in [1.29, 1.82) is 0 Å². The molecule has 0 aliphatic heterocycles. The number of fused-ring (bicyclic) bond motifs is 12. The van der Waals surface area contributed by atoms with Crippen LogP contribution in [0.2, 0.25) is 0 Å². The van der Waals surface area contributed by atoms with Gasteiger partial charge in [0, 0.05) is 16.5 Å². The SMILES string of the molecule is c1ccc(-c2ccc(-c3ccc4c(c3)C(c3ccccc3)(c3ccccc3)c3cc(-n5c6ccc(-c7ccc(-c8ccc(-c9cc%10ccccc%10c%10ccccc9%10)cc8)cc7)cc6c6cc(-c7ccc(-c8ccc(-c9cc%10ccccc%10c%10ccccc9%10)cc8)cc7)ccc65)ccc3-4)cc2)cc1. The van der Waals surface area contributed by atoms with E-state index in [1.165, 1.54) is 176 Å². The van der Waals surface area contributed by atoms with Crippen molar-refractivity contribution in [1.82, 2.24) is 4.57 Å². The Morgan fingerprint density at radius 3 is 0.882 bits per heavy atom. The molecule has 0 radical (unpaired) electrons. The van der Waals surface area contributed by atoms with E-state index >= 15 is 0 Å². The fourth-order valence-corrected chi connectivity index (χ4v) is 16.9. The Hall–Kier alpha value is -13.2. The van der Waals surface area contributed by atoms with Crippen molar-refractivity contribution in [3.8, 4) is 106 Å². The molecular weight excluding hydrogens is 1230 g/mol. The molecule has 0 saturated heterocycles. The minimum atomic E-state index is -0.636. The lowest BCUT2D eigenvalue weighted by atomic mass is 9.67. The predicted molar refractivity (Wildman–Crippen MR) is 432 cm³/mol.